The summed E-state index contributed by atoms with van der Waals surface area (Å²) < 4.78 is 20.5. The second-order valence-corrected chi connectivity index (χ2v) is 8.42. The molecule has 1 aliphatic rings. The van der Waals surface area contributed by atoms with Gasteiger partial charge in [0.15, 0.2) is 17.9 Å². The number of carbonyl (C=O) groups excluding carboxylic acids is 2. The number of benzene rings is 1. The Morgan fingerprint density at radius 1 is 1.29 bits per heavy atom. The fourth-order valence-corrected chi connectivity index (χ4v) is 3.55. The molecule has 1 aliphatic heterocycles. The first-order chi connectivity index (χ1) is 17.9. The average molecular weight is 535 g/mol. The van der Waals surface area contributed by atoms with Crippen LogP contribution >= 0.6 is 0 Å². The number of nitro groups is 1. The average Bonchev–Trinajstić information content (AvgIpc) is 3.14. The SMILES string of the molecule is CNc1ccc(C(=O)N/N=C(\C)CCC(=O)Nc2nc(=O)n([C@@H]3O[C@H](C)C(O)[C@@H]3O)cc2F)c([N+](=O)[O-])c1. The molecular formula is C22H26FN7O8. The van der Waals surface area contributed by atoms with Crippen LogP contribution in [0.4, 0.5) is 21.6 Å². The van der Waals surface area contributed by atoms with Crippen LogP contribution in [0.25, 0.3) is 0 Å². The molecule has 0 radical (unpaired) electrons. The second-order valence-electron chi connectivity index (χ2n) is 8.42. The van der Waals surface area contributed by atoms with Gasteiger partial charge in [-0.15, -0.1) is 0 Å². The number of hydrogen-bond acceptors (Lipinski definition) is 11. The molecule has 0 bridgehead atoms. The van der Waals surface area contributed by atoms with E-state index in [1.807, 2.05) is 0 Å². The van der Waals surface area contributed by atoms with Gasteiger partial charge in [0, 0.05) is 30.9 Å². The Bertz CT molecular complexity index is 1330. The molecule has 5 N–H and O–H groups in total. The first-order valence-electron chi connectivity index (χ1n) is 11.3. The van der Waals surface area contributed by atoms with Crippen LogP contribution in [0, 0.1) is 15.9 Å². The minimum absolute atomic E-state index is 0.0173. The molecule has 1 saturated heterocycles. The minimum atomic E-state index is -1.48. The summed E-state index contributed by atoms with van der Waals surface area (Å²) in [7, 11) is 1.57. The van der Waals surface area contributed by atoms with E-state index in [-0.39, 0.29) is 24.1 Å². The fraction of sp³-hybridized carbons (Fsp3) is 0.409. The van der Waals surface area contributed by atoms with Crippen LogP contribution in [-0.4, -0.2) is 67.6 Å². The molecular weight excluding hydrogens is 509 g/mol. The van der Waals surface area contributed by atoms with Gasteiger partial charge in [-0.3, -0.25) is 24.3 Å². The van der Waals surface area contributed by atoms with E-state index in [1.54, 1.807) is 7.05 Å². The highest BCUT2D eigenvalue weighted by atomic mass is 19.1. The quantitative estimate of drug-likeness (QED) is 0.170. The van der Waals surface area contributed by atoms with E-state index < -0.39 is 64.3 Å². The van der Waals surface area contributed by atoms with Crippen molar-refractivity contribution >= 4 is 34.7 Å². The fourth-order valence-electron chi connectivity index (χ4n) is 3.55. The van der Waals surface area contributed by atoms with Gasteiger partial charge in [-0.2, -0.15) is 10.1 Å². The smallest absolute Gasteiger partial charge is 0.351 e. The molecule has 1 aromatic carbocycles. The Balaban J connectivity index is 1.59. The molecule has 0 spiro atoms. The molecule has 2 aromatic rings. The van der Waals surface area contributed by atoms with Gasteiger partial charge in [-0.25, -0.2) is 14.6 Å². The molecule has 4 atom stereocenters. The Morgan fingerprint density at radius 3 is 2.61 bits per heavy atom. The maximum absolute atomic E-state index is 14.5. The van der Waals surface area contributed by atoms with Crippen molar-refractivity contribution in [2.45, 2.75) is 51.2 Å². The number of anilines is 2. The lowest BCUT2D eigenvalue weighted by atomic mass is 10.1. The highest BCUT2D eigenvalue weighted by Gasteiger charge is 2.42. The molecule has 1 fully saturated rings. The first-order valence-corrected chi connectivity index (χ1v) is 11.3. The highest BCUT2D eigenvalue weighted by molar-refractivity contribution is 5.99. The van der Waals surface area contributed by atoms with E-state index >= 15 is 0 Å². The third-order valence-electron chi connectivity index (χ3n) is 5.71. The number of nitrogens with zero attached hydrogens (tertiary/aromatic N) is 4. The molecule has 38 heavy (non-hydrogen) atoms. The third kappa shape index (κ3) is 6.34. The van der Waals surface area contributed by atoms with Crippen molar-refractivity contribution in [3.05, 3.63) is 56.4 Å². The van der Waals surface area contributed by atoms with Gasteiger partial charge in [-0.05, 0) is 32.4 Å². The van der Waals surface area contributed by atoms with Crippen LogP contribution in [0.1, 0.15) is 43.3 Å². The lowest BCUT2D eigenvalue weighted by Crippen LogP contribution is -2.36. The van der Waals surface area contributed by atoms with Crippen LogP contribution in [0.5, 0.6) is 0 Å². The van der Waals surface area contributed by atoms with Crippen LogP contribution in [0.3, 0.4) is 0 Å². The van der Waals surface area contributed by atoms with Gasteiger partial charge in [0.1, 0.15) is 17.8 Å². The number of nitro benzene ring substituents is 1. The molecule has 204 valence electrons. The number of nitrogens with one attached hydrogen (secondary N) is 3. The summed E-state index contributed by atoms with van der Waals surface area (Å²) in [4.78, 5) is 51.0. The number of aromatic nitrogens is 2. The van der Waals surface area contributed by atoms with Crippen LogP contribution in [0.15, 0.2) is 34.3 Å². The van der Waals surface area contributed by atoms with Crippen LogP contribution in [0.2, 0.25) is 0 Å². The first kappa shape index (κ1) is 28.3. The molecule has 2 amide bonds. The number of hydrogen-bond donors (Lipinski definition) is 5. The van der Waals surface area contributed by atoms with E-state index in [1.165, 1.54) is 32.0 Å². The van der Waals surface area contributed by atoms with Gasteiger partial charge >= 0.3 is 5.69 Å². The number of aliphatic hydroxyl groups is 2. The Hall–Kier alpha value is -4.28. The summed E-state index contributed by atoms with van der Waals surface area (Å²) in [6.45, 7) is 2.97. The summed E-state index contributed by atoms with van der Waals surface area (Å²) >= 11 is 0. The van der Waals surface area contributed by atoms with Crippen molar-refractivity contribution in [3.63, 3.8) is 0 Å². The molecule has 16 heteroatoms. The Labute approximate surface area is 214 Å². The van der Waals surface area contributed by atoms with Gasteiger partial charge < -0.3 is 25.6 Å². The Morgan fingerprint density at radius 2 is 2.00 bits per heavy atom. The van der Waals surface area contributed by atoms with E-state index in [0.29, 0.717) is 16.5 Å². The summed E-state index contributed by atoms with van der Waals surface area (Å²) in [5.74, 6) is -3.26. The number of rotatable bonds is 9. The molecule has 0 saturated carbocycles. The second kappa shape index (κ2) is 11.8. The van der Waals surface area contributed by atoms with E-state index in [0.717, 1.165) is 0 Å². The summed E-state index contributed by atoms with van der Waals surface area (Å²) in [5, 5.41) is 39.8. The zero-order valence-corrected chi connectivity index (χ0v) is 20.5. The largest absolute Gasteiger partial charge is 0.388 e. The lowest BCUT2D eigenvalue weighted by Gasteiger charge is -2.17. The van der Waals surface area contributed by atoms with Crippen molar-refractivity contribution in [2.24, 2.45) is 5.10 Å². The molecule has 15 nitrogen and oxygen atoms in total. The summed E-state index contributed by atoms with van der Waals surface area (Å²) in [6, 6.07) is 3.96. The number of ether oxygens (including phenoxy) is 1. The number of carbonyl (C=O) groups is 2. The molecule has 0 aliphatic carbocycles. The van der Waals surface area contributed by atoms with Crippen LogP contribution < -0.4 is 21.7 Å². The number of hydrazone groups is 1. The highest BCUT2D eigenvalue weighted by Crippen LogP contribution is 2.28. The normalized spacial score (nSPS) is 21.2. The van der Waals surface area contributed by atoms with Gasteiger partial charge in [-0.1, -0.05) is 0 Å². The van der Waals surface area contributed by atoms with Gasteiger partial charge in [0.2, 0.25) is 5.91 Å². The molecule has 1 aromatic heterocycles. The van der Waals surface area contributed by atoms with Crippen LogP contribution in [-0.2, 0) is 9.53 Å². The Kier molecular flexibility index (Phi) is 8.82. The van der Waals surface area contributed by atoms with Crippen molar-refractivity contribution < 1.29 is 33.9 Å². The van der Waals surface area contributed by atoms with Gasteiger partial charge in [0.05, 0.1) is 17.2 Å². The number of halogens is 1. The predicted molar refractivity (Wildman–Crippen MR) is 131 cm³/mol. The minimum Gasteiger partial charge on any atom is -0.388 e. The maximum Gasteiger partial charge on any atom is 0.351 e. The summed E-state index contributed by atoms with van der Waals surface area (Å²) in [6.07, 6.45) is -4.41. The van der Waals surface area contributed by atoms with E-state index in [2.05, 4.69) is 26.1 Å². The van der Waals surface area contributed by atoms with Crippen molar-refractivity contribution in [3.8, 4) is 0 Å². The molecule has 2 heterocycles. The number of amides is 2. The maximum atomic E-state index is 14.5. The number of aliphatic hydroxyl groups excluding tert-OH is 2. The lowest BCUT2D eigenvalue weighted by molar-refractivity contribution is -0.385. The van der Waals surface area contributed by atoms with E-state index in [9.17, 15) is 39.1 Å². The van der Waals surface area contributed by atoms with Crippen molar-refractivity contribution in [1.82, 2.24) is 15.0 Å². The van der Waals surface area contributed by atoms with E-state index in [4.69, 9.17) is 4.74 Å². The zero-order chi connectivity index (χ0) is 28.1. The van der Waals surface area contributed by atoms with Gasteiger partial charge in [0.25, 0.3) is 11.6 Å². The third-order valence-corrected chi connectivity index (χ3v) is 5.71. The molecule has 3 rings (SSSR count). The predicted octanol–water partition coefficient (Wildman–Crippen LogP) is 0.496. The monoisotopic (exact) mass is 535 g/mol. The topological polar surface area (TPSA) is 210 Å². The summed E-state index contributed by atoms with van der Waals surface area (Å²) in [5.41, 5.74) is 1.27. The molecule has 1 unspecified atom stereocenters. The zero-order valence-electron chi connectivity index (χ0n) is 20.5. The standard InChI is InChI=1S/C22H26FN7O8/c1-10(27-28-20(34)13-6-5-12(24-3)8-15(13)30(36)37)4-7-16(31)25-19-14(23)9-29(22(35)26-19)21-18(33)17(32)11(2)38-21/h5-6,8-9,11,17-18,21,24,32-33H,4,7H2,1-3H3,(H,28,34)(H,25,26,31,35)/b27-10+/t11-,17?,18+,21-/m1/s1. The van der Waals surface area contributed by atoms with Crippen molar-refractivity contribution in [1.29, 1.82) is 0 Å². The van der Waals surface area contributed by atoms with Crippen molar-refractivity contribution in [2.75, 3.05) is 17.7 Å².